The van der Waals surface area contributed by atoms with E-state index in [9.17, 15) is 0 Å². The molecule has 68 heavy (non-hydrogen) atoms. The molecule has 0 saturated carbocycles. The third-order valence-electron chi connectivity index (χ3n) is 13.6. The van der Waals surface area contributed by atoms with E-state index in [1.54, 1.807) is 0 Å². The van der Waals surface area contributed by atoms with Crippen molar-refractivity contribution in [1.82, 2.24) is 4.98 Å². The molecule has 0 fully saturated rings. The number of benzene rings is 7. The largest absolute Gasteiger partial charge is 0.248 e. The smallest absolute Gasteiger partial charge is 0.0715 e. The van der Waals surface area contributed by atoms with E-state index in [-0.39, 0.29) is 27.1 Å². The molecule has 7 aromatic carbocycles. The SMILES string of the molecule is CC(C)(C)c1cc(-c2cccc(-c3cc(-c4ccccc4)nc(-c4ccccc4)c3)c2)cc(-c2cc(-c3cc(C(C)(C)C)cc(C(C)(C)C)c3)cc(-c3cc(C(C)(C)C)cc(C(C)(C)C)c3)c2)c1. The fourth-order valence-corrected chi connectivity index (χ4v) is 8.93. The van der Waals surface area contributed by atoms with Gasteiger partial charge in [-0.15, -0.1) is 0 Å². The molecule has 1 nitrogen and oxygen atoms in total. The first-order valence-electron chi connectivity index (χ1n) is 24.7. The maximum Gasteiger partial charge on any atom is 0.0715 e. The van der Waals surface area contributed by atoms with Gasteiger partial charge >= 0.3 is 0 Å². The van der Waals surface area contributed by atoms with Crippen LogP contribution in [0.4, 0.5) is 0 Å². The number of hydrogen-bond acceptors (Lipinski definition) is 1. The van der Waals surface area contributed by atoms with Crippen LogP contribution in [0.2, 0.25) is 0 Å². The zero-order valence-corrected chi connectivity index (χ0v) is 43.6. The Labute approximate surface area is 409 Å². The Balaban J connectivity index is 1.36. The van der Waals surface area contributed by atoms with Crippen molar-refractivity contribution >= 4 is 0 Å². The number of hydrogen-bond donors (Lipinski definition) is 0. The first-order valence-corrected chi connectivity index (χ1v) is 24.7. The summed E-state index contributed by atoms with van der Waals surface area (Å²) >= 11 is 0. The Morgan fingerprint density at radius 2 is 0.426 bits per heavy atom. The van der Waals surface area contributed by atoms with Crippen LogP contribution in [0.25, 0.3) is 78.1 Å². The van der Waals surface area contributed by atoms with Crippen LogP contribution in [0.15, 0.2) is 170 Å². The molecule has 346 valence electrons. The second-order valence-electron chi connectivity index (χ2n) is 24.4. The lowest BCUT2D eigenvalue weighted by atomic mass is 9.77. The molecule has 0 radical (unpaired) electrons. The van der Waals surface area contributed by atoms with E-state index >= 15 is 0 Å². The lowest BCUT2D eigenvalue weighted by molar-refractivity contribution is 0.568. The summed E-state index contributed by atoms with van der Waals surface area (Å²) in [6.45, 7) is 35.0. The summed E-state index contributed by atoms with van der Waals surface area (Å²) in [6, 6.07) is 63.9. The molecule has 0 saturated heterocycles. The van der Waals surface area contributed by atoms with Gasteiger partial charge in [-0.05, 0) is 153 Å². The quantitative estimate of drug-likeness (QED) is 0.155. The number of rotatable bonds is 7. The fourth-order valence-electron chi connectivity index (χ4n) is 8.93. The average molecular weight is 892 g/mol. The molecule has 1 heteroatoms. The van der Waals surface area contributed by atoms with Crippen LogP contribution >= 0.6 is 0 Å². The van der Waals surface area contributed by atoms with Crippen molar-refractivity contribution in [2.24, 2.45) is 0 Å². The van der Waals surface area contributed by atoms with Gasteiger partial charge in [0.1, 0.15) is 0 Å². The first-order chi connectivity index (χ1) is 31.8. The highest BCUT2D eigenvalue weighted by Gasteiger charge is 2.25. The molecule has 0 aliphatic heterocycles. The van der Waals surface area contributed by atoms with Gasteiger partial charge in [0.2, 0.25) is 0 Å². The van der Waals surface area contributed by atoms with E-state index in [1.165, 1.54) is 72.3 Å². The average Bonchev–Trinajstić information content (AvgIpc) is 3.30. The molecule has 0 amide bonds. The molecule has 0 spiro atoms. The van der Waals surface area contributed by atoms with Gasteiger partial charge in [0.05, 0.1) is 11.4 Å². The normalized spacial score (nSPS) is 12.6. The van der Waals surface area contributed by atoms with Crippen molar-refractivity contribution < 1.29 is 0 Å². The number of pyridine rings is 1. The summed E-state index contributed by atoms with van der Waals surface area (Å²) in [4.78, 5) is 5.19. The zero-order valence-electron chi connectivity index (χ0n) is 43.6. The Morgan fingerprint density at radius 1 is 0.206 bits per heavy atom. The van der Waals surface area contributed by atoms with Crippen LogP contribution in [0.3, 0.4) is 0 Å². The van der Waals surface area contributed by atoms with E-state index in [1.807, 2.05) is 0 Å². The van der Waals surface area contributed by atoms with Gasteiger partial charge in [-0.1, -0.05) is 231 Å². The van der Waals surface area contributed by atoms with Gasteiger partial charge in [0.25, 0.3) is 0 Å². The summed E-state index contributed by atoms with van der Waals surface area (Å²) in [7, 11) is 0. The van der Waals surface area contributed by atoms with Crippen molar-refractivity contribution in [1.29, 1.82) is 0 Å². The zero-order chi connectivity index (χ0) is 49.0. The van der Waals surface area contributed by atoms with Gasteiger partial charge in [0.15, 0.2) is 0 Å². The minimum Gasteiger partial charge on any atom is -0.248 e. The van der Waals surface area contributed by atoms with E-state index in [0.29, 0.717) is 0 Å². The van der Waals surface area contributed by atoms with Crippen molar-refractivity contribution in [2.45, 2.75) is 131 Å². The molecule has 8 aromatic rings. The molecule has 1 heterocycles. The van der Waals surface area contributed by atoms with Gasteiger partial charge in [-0.25, -0.2) is 4.98 Å². The molecule has 0 bridgehead atoms. The predicted molar refractivity (Wildman–Crippen MR) is 296 cm³/mol. The number of nitrogens with zero attached hydrogens (tertiary/aromatic N) is 1. The van der Waals surface area contributed by atoms with Gasteiger partial charge in [0, 0.05) is 11.1 Å². The van der Waals surface area contributed by atoms with E-state index in [4.69, 9.17) is 4.98 Å². The van der Waals surface area contributed by atoms with E-state index < -0.39 is 0 Å². The van der Waals surface area contributed by atoms with Crippen molar-refractivity contribution in [3.8, 4) is 78.1 Å². The van der Waals surface area contributed by atoms with E-state index in [2.05, 4.69) is 274 Å². The van der Waals surface area contributed by atoms with Crippen molar-refractivity contribution in [3.63, 3.8) is 0 Å². The van der Waals surface area contributed by atoms with E-state index in [0.717, 1.165) is 33.6 Å². The standard InChI is InChI=1S/C67H73N/c1-63(2,3)56-34-51(46-27-22-28-47(29-46)55-40-61(44-23-18-16-19-24-44)68-62(41-55)45-25-20-17-21-26-45)33-52(35-56)48-30-49(53-36-57(64(4,5)6)42-58(37-53)65(7,8)9)32-50(31-48)54-38-59(66(10,11)12)43-60(39-54)67(13,14)15/h16-43H,1-15H3. The van der Waals surface area contributed by atoms with Crippen LogP contribution in [-0.4, -0.2) is 4.98 Å². The summed E-state index contributed by atoms with van der Waals surface area (Å²) in [5, 5.41) is 0. The Bertz CT molecular complexity index is 2880. The molecular formula is C67H73N. The minimum absolute atomic E-state index is 0.00787. The molecule has 1 aromatic heterocycles. The molecule has 8 rings (SSSR count). The second-order valence-corrected chi connectivity index (χ2v) is 24.4. The Kier molecular flexibility index (Phi) is 12.7. The predicted octanol–water partition coefficient (Wildman–Crippen LogP) is 19.2. The monoisotopic (exact) mass is 892 g/mol. The topological polar surface area (TPSA) is 12.9 Å². The Morgan fingerprint density at radius 3 is 0.735 bits per heavy atom. The molecular weight excluding hydrogens is 819 g/mol. The third kappa shape index (κ3) is 10.8. The number of aromatic nitrogens is 1. The summed E-state index contributed by atoms with van der Waals surface area (Å²) in [5.74, 6) is 0. The highest BCUT2D eigenvalue weighted by Crippen LogP contribution is 2.42. The summed E-state index contributed by atoms with van der Waals surface area (Å²) in [6.07, 6.45) is 0. The lowest BCUT2D eigenvalue weighted by Gasteiger charge is -2.27. The van der Waals surface area contributed by atoms with Crippen LogP contribution in [0.5, 0.6) is 0 Å². The Hall–Kier alpha value is -6.31. The molecule has 0 aliphatic carbocycles. The fraction of sp³-hybridized carbons (Fsp3) is 0.299. The van der Waals surface area contributed by atoms with Crippen LogP contribution in [0, 0.1) is 0 Å². The second kappa shape index (κ2) is 18.0. The highest BCUT2D eigenvalue weighted by atomic mass is 14.7. The van der Waals surface area contributed by atoms with Gasteiger partial charge in [-0.3, -0.25) is 0 Å². The molecule has 0 N–H and O–H groups in total. The van der Waals surface area contributed by atoms with Crippen molar-refractivity contribution in [2.75, 3.05) is 0 Å². The minimum atomic E-state index is -0.0889. The van der Waals surface area contributed by atoms with Gasteiger partial charge in [-0.2, -0.15) is 0 Å². The van der Waals surface area contributed by atoms with Crippen molar-refractivity contribution in [3.05, 3.63) is 198 Å². The van der Waals surface area contributed by atoms with Crippen LogP contribution in [0.1, 0.15) is 132 Å². The third-order valence-corrected chi connectivity index (χ3v) is 13.6. The van der Waals surface area contributed by atoms with Crippen LogP contribution in [-0.2, 0) is 27.1 Å². The maximum atomic E-state index is 5.19. The first kappa shape index (κ1) is 48.2. The molecule has 0 atom stereocenters. The van der Waals surface area contributed by atoms with Gasteiger partial charge < -0.3 is 0 Å². The maximum absolute atomic E-state index is 5.19. The molecule has 0 aliphatic rings. The molecule has 0 unspecified atom stereocenters. The summed E-state index contributed by atoms with van der Waals surface area (Å²) in [5.41, 5.74) is 22.9. The lowest BCUT2D eigenvalue weighted by Crippen LogP contribution is -2.16. The van der Waals surface area contributed by atoms with Crippen LogP contribution < -0.4 is 0 Å². The highest BCUT2D eigenvalue weighted by molar-refractivity contribution is 5.86. The summed E-state index contributed by atoms with van der Waals surface area (Å²) < 4.78 is 0.